The summed E-state index contributed by atoms with van der Waals surface area (Å²) < 4.78 is 0. The van der Waals surface area contributed by atoms with Crippen LogP contribution in [0.5, 0.6) is 0 Å². The smallest absolute Gasteiger partial charge is 0.224 e. The van der Waals surface area contributed by atoms with Crippen molar-refractivity contribution in [3.8, 4) is 0 Å². The van der Waals surface area contributed by atoms with Crippen molar-refractivity contribution in [2.45, 2.75) is 19.3 Å². The Labute approximate surface area is 101 Å². The van der Waals surface area contributed by atoms with E-state index in [1.807, 2.05) is 12.1 Å². The Morgan fingerprint density at radius 3 is 2.82 bits per heavy atom. The summed E-state index contributed by atoms with van der Waals surface area (Å²) in [5, 5.41) is 12.0. The van der Waals surface area contributed by atoms with Crippen LogP contribution in [-0.2, 0) is 11.2 Å². The largest absolute Gasteiger partial charge is 0.399 e. The number of anilines is 1. The van der Waals surface area contributed by atoms with E-state index in [1.54, 1.807) is 12.1 Å². The average molecular weight is 234 g/mol. The first-order chi connectivity index (χ1) is 8.13. The molecule has 0 spiro atoms. The molecule has 1 fully saturated rings. The van der Waals surface area contributed by atoms with Crippen molar-refractivity contribution < 1.29 is 9.90 Å². The molecule has 0 radical (unpaired) electrons. The van der Waals surface area contributed by atoms with Crippen molar-refractivity contribution in [3.63, 3.8) is 0 Å². The van der Waals surface area contributed by atoms with Gasteiger partial charge in [-0.25, -0.2) is 0 Å². The zero-order valence-electron chi connectivity index (χ0n) is 9.78. The molecule has 4 nitrogen and oxygen atoms in total. The minimum Gasteiger partial charge on any atom is -0.399 e. The van der Waals surface area contributed by atoms with E-state index in [0.717, 1.165) is 18.4 Å². The van der Waals surface area contributed by atoms with E-state index >= 15 is 0 Å². The molecular weight excluding hydrogens is 216 g/mol. The normalized spacial score (nSPS) is 16.5. The molecule has 0 aliphatic heterocycles. The molecular formula is C13H18N2O2. The maximum atomic E-state index is 11.7. The van der Waals surface area contributed by atoms with Crippen molar-refractivity contribution in [2.24, 2.45) is 5.41 Å². The van der Waals surface area contributed by atoms with E-state index in [0.29, 0.717) is 18.7 Å². The number of rotatable bonds is 5. The van der Waals surface area contributed by atoms with E-state index in [1.165, 1.54) is 0 Å². The van der Waals surface area contributed by atoms with Gasteiger partial charge in [-0.1, -0.05) is 12.1 Å². The van der Waals surface area contributed by atoms with Crippen LogP contribution in [0.1, 0.15) is 18.4 Å². The Hall–Kier alpha value is -1.55. The van der Waals surface area contributed by atoms with E-state index in [4.69, 9.17) is 10.8 Å². The molecule has 17 heavy (non-hydrogen) atoms. The summed E-state index contributed by atoms with van der Waals surface area (Å²) in [4.78, 5) is 11.7. The summed E-state index contributed by atoms with van der Waals surface area (Å²) in [5.74, 6) is -0.0182. The van der Waals surface area contributed by atoms with Crippen LogP contribution >= 0.6 is 0 Å². The number of carbonyl (C=O) groups is 1. The second kappa shape index (κ2) is 4.75. The van der Waals surface area contributed by atoms with Crippen LogP contribution in [0.25, 0.3) is 0 Å². The van der Waals surface area contributed by atoms with E-state index in [-0.39, 0.29) is 17.9 Å². The summed E-state index contributed by atoms with van der Waals surface area (Å²) in [6.45, 7) is 0.732. The lowest BCUT2D eigenvalue weighted by molar-refractivity contribution is -0.120. The molecule has 1 aromatic carbocycles. The molecule has 0 atom stereocenters. The van der Waals surface area contributed by atoms with Crippen molar-refractivity contribution in [1.29, 1.82) is 0 Å². The maximum absolute atomic E-state index is 11.7. The standard InChI is InChI=1S/C13H18N2O2/c14-11-3-1-2-10(6-11)7-12(17)15-8-13(9-16)4-5-13/h1-3,6,16H,4-5,7-9,14H2,(H,15,17). The third-order valence-corrected chi connectivity index (χ3v) is 3.27. The van der Waals surface area contributed by atoms with Gasteiger partial charge < -0.3 is 16.2 Å². The van der Waals surface area contributed by atoms with Crippen LogP contribution in [0.3, 0.4) is 0 Å². The van der Waals surface area contributed by atoms with Gasteiger partial charge in [-0.15, -0.1) is 0 Å². The highest BCUT2D eigenvalue weighted by atomic mass is 16.3. The zero-order valence-corrected chi connectivity index (χ0v) is 9.78. The number of aliphatic hydroxyl groups excluding tert-OH is 1. The fraction of sp³-hybridized carbons (Fsp3) is 0.462. The predicted octanol–water partition coefficient (Wildman–Crippen LogP) is 0.700. The number of aliphatic hydroxyl groups is 1. The summed E-state index contributed by atoms with van der Waals surface area (Å²) >= 11 is 0. The van der Waals surface area contributed by atoms with Gasteiger partial charge in [-0.05, 0) is 30.5 Å². The van der Waals surface area contributed by atoms with E-state index in [2.05, 4.69) is 5.32 Å². The van der Waals surface area contributed by atoms with Crippen LogP contribution in [0.2, 0.25) is 0 Å². The lowest BCUT2D eigenvalue weighted by Crippen LogP contribution is -2.32. The molecule has 0 saturated heterocycles. The molecule has 0 bridgehead atoms. The number of nitrogens with one attached hydrogen (secondary N) is 1. The van der Waals surface area contributed by atoms with Gasteiger partial charge in [0, 0.05) is 17.6 Å². The Balaban J connectivity index is 1.81. The number of benzene rings is 1. The molecule has 92 valence electrons. The van der Waals surface area contributed by atoms with Crippen LogP contribution in [0.15, 0.2) is 24.3 Å². The lowest BCUT2D eigenvalue weighted by Gasteiger charge is -2.12. The maximum Gasteiger partial charge on any atom is 0.224 e. The predicted molar refractivity (Wildman–Crippen MR) is 66.3 cm³/mol. The number of amides is 1. The second-order valence-electron chi connectivity index (χ2n) is 4.86. The van der Waals surface area contributed by atoms with Crippen LogP contribution in [0.4, 0.5) is 5.69 Å². The van der Waals surface area contributed by atoms with Gasteiger partial charge in [0.05, 0.1) is 13.0 Å². The van der Waals surface area contributed by atoms with Gasteiger partial charge in [0.2, 0.25) is 5.91 Å². The molecule has 1 aliphatic rings. The number of nitrogen functional groups attached to an aromatic ring is 1. The molecule has 0 unspecified atom stereocenters. The molecule has 0 aromatic heterocycles. The molecule has 1 saturated carbocycles. The van der Waals surface area contributed by atoms with Crippen molar-refractivity contribution in [2.75, 3.05) is 18.9 Å². The van der Waals surface area contributed by atoms with Gasteiger partial charge in [-0.3, -0.25) is 4.79 Å². The average Bonchev–Trinajstić information content (AvgIpc) is 3.07. The SMILES string of the molecule is Nc1cccc(CC(=O)NCC2(CO)CC2)c1. The monoisotopic (exact) mass is 234 g/mol. The Morgan fingerprint density at radius 2 is 2.24 bits per heavy atom. The summed E-state index contributed by atoms with van der Waals surface area (Å²) in [7, 11) is 0. The minimum atomic E-state index is -0.0363. The first-order valence-electron chi connectivity index (χ1n) is 5.86. The van der Waals surface area contributed by atoms with Crippen LogP contribution in [0, 0.1) is 5.41 Å². The van der Waals surface area contributed by atoms with Gasteiger partial charge in [0.25, 0.3) is 0 Å². The summed E-state index contributed by atoms with van der Waals surface area (Å²) in [6.07, 6.45) is 2.34. The first kappa shape index (κ1) is 11.9. The van der Waals surface area contributed by atoms with Gasteiger partial charge in [-0.2, -0.15) is 0 Å². The molecule has 1 amide bonds. The first-order valence-corrected chi connectivity index (χ1v) is 5.86. The van der Waals surface area contributed by atoms with Crippen molar-refractivity contribution >= 4 is 11.6 Å². The van der Waals surface area contributed by atoms with Crippen molar-refractivity contribution in [3.05, 3.63) is 29.8 Å². The third kappa shape index (κ3) is 3.20. The molecule has 4 N–H and O–H groups in total. The number of hydrogen-bond donors (Lipinski definition) is 3. The van der Waals surface area contributed by atoms with Crippen LogP contribution in [-0.4, -0.2) is 24.2 Å². The Kier molecular flexibility index (Phi) is 3.33. The minimum absolute atomic E-state index is 0.0182. The van der Waals surface area contributed by atoms with Gasteiger partial charge in [0.1, 0.15) is 0 Å². The molecule has 0 heterocycles. The number of hydrogen-bond acceptors (Lipinski definition) is 3. The number of nitrogens with two attached hydrogens (primary N) is 1. The second-order valence-corrected chi connectivity index (χ2v) is 4.86. The quantitative estimate of drug-likeness (QED) is 0.656. The molecule has 2 rings (SSSR count). The van der Waals surface area contributed by atoms with E-state index in [9.17, 15) is 4.79 Å². The summed E-state index contributed by atoms with van der Waals surface area (Å²) in [6, 6.07) is 7.33. The van der Waals surface area contributed by atoms with Crippen molar-refractivity contribution in [1.82, 2.24) is 5.32 Å². The highest BCUT2D eigenvalue weighted by Gasteiger charge is 2.41. The van der Waals surface area contributed by atoms with Gasteiger partial charge in [0.15, 0.2) is 0 Å². The Morgan fingerprint density at radius 1 is 1.47 bits per heavy atom. The summed E-state index contributed by atoms with van der Waals surface area (Å²) in [5.41, 5.74) is 7.19. The fourth-order valence-corrected chi connectivity index (χ4v) is 1.80. The highest BCUT2D eigenvalue weighted by molar-refractivity contribution is 5.78. The third-order valence-electron chi connectivity index (χ3n) is 3.27. The van der Waals surface area contributed by atoms with Gasteiger partial charge >= 0.3 is 0 Å². The zero-order chi connectivity index (χ0) is 12.3. The topological polar surface area (TPSA) is 75.4 Å². The highest BCUT2D eigenvalue weighted by Crippen LogP contribution is 2.44. The molecule has 1 aliphatic carbocycles. The fourth-order valence-electron chi connectivity index (χ4n) is 1.80. The van der Waals surface area contributed by atoms with E-state index < -0.39 is 0 Å². The Bertz CT molecular complexity index is 414. The molecule has 4 heteroatoms. The number of carbonyl (C=O) groups excluding carboxylic acids is 1. The lowest BCUT2D eigenvalue weighted by atomic mass is 10.1. The van der Waals surface area contributed by atoms with Crippen LogP contribution < -0.4 is 11.1 Å². The molecule has 1 aromatic rings.